The van der Waals surface area contributed by atoms with Crippen molar-refractivity contribution in [2.45, 2.75) is 30.5 Å². The maximum atomic E-state index is 14.0. The second-order valence-electron chi connectivity index (χ2n) is 8.55. The third-order valence-corrected chi connectivity index (χ3v) is 6.04. The molecule has 0 amide bonds. The first-order valence-electron chi connectivity index (χ1n) is 10.6. The molecule has 3 aromatic heterocycles. The van der Waals surface area contributed by atoms with Crippen molar-refractivity contribution in [3.05, 3.63) is 72.1 Å². The van der Waals surface area contributed by atoms with E-state index in [9.17, 15) is 9.50 Å². The van der Waals surface area contributed by atoms with Gasteiger partial charge in [0.25, 0.3) is 0 Å². The lowest BCUT2D eigenvalue weighted by molar-refractivity contribution is -0.146. The number of hydrogen-bond donors (Lipinski definition) is 1. The molecule has 1 N–H and O–H groups in total. The van der Waals surface area contributed by atoms with Crippen LogP contribution in [-0.4, -0.2) is 55.0 Å². The van der Waals surface area contributed by atoms with Gasteiger partial charge in [0.1, 0.15) is 24.2 Å². The molecule has 0 spiro atoms. The highest BCUT2D eigenvalue weighted by atomic mass is 19.1. The summed E-state index contributed by atoms with van der Waals surface area (Å²) in [5, 5.41) is 19.6. The number of ether oxygens (including phenoxy) is 2. The number of pyridine rings is 1. The molecule has 0 unspecified atom stereocenters. The Morgan fingerprint density at radius 1 is 1.19 bits per heavy atom. The molecule has 4 aromatic rings. The normalized spacial score (nSPS) is 18.4. The van der Waals surface area contributed by atoms with Gasteiger partial charge in [-0.25, -0.2) is 14.1 Å². The number of hydrogen-bond acceptors (Lipinski definition) is 6. The highest BCUT2D eigenvalue weighted by Crippen LogP contribution is 2.44. The van der Waals surface area contributed by atoms with Crippen molar-refractivity contribution in [3.8, 4) is 11.4 Å². The molecule has 9 heteroatoms. The van der Waals surface area contributed by atoms with Crippen LogP contribution in [0.25, 0.3) is 11.2 Å². The zero-order chi connectivity index (χ0) is 21.7. The Labute approximate surface area is 183 Å². The van der Waals surface area contributed by atoms with Crippen LogP contribution in [0, 0.1) is 0 Å². The Morgan fingerprint density at radius 3 is 2.72 bits per heavy atom. The van der Waals surface area contributed by atoms with Crippen LogP contribution in [0.5, 0.6) is 5.75 Å². The number of halogens is 1. The van der Waals surface area contributed by atoms with Gasteiger partial charge < -0.3 is 14.6 Å². The Hall–Kier alpha value is -3.30. The van der Waals surface area contributed by atoms with E-state index < -0.39 is 11.8 Å². The van der Waals surface area contributed by atoms with E-state index in [1.54, 1.807) is 35.5 Å². The molecule has 1 saturated heterocycles. The number of imidazole rings is 1. The van der Waals surface area contributed by atoms with E-state index in [-0.39, 0.29) is 19.8 Å². The predicted molar refractivity (Wildman–Crippen MR) is 113 cm³/mol. The third kappa shape index (κ3) is 3.43. The van der Waals surface area contributed by atoms with Gasteiger partial charge in [-0.2, -0.15) is 0 Å². The van der Waals surface area contributed by atoms with E-state index in [1.165, 1.54) is 0 Å². The number of alkyl halides is 1. The largest absolute Gasteiger partial charge is 0.490 e. The molecule has 8 nitrogen and oxygen atoms in total. The molecule has 6 rings (SSSR count). The Balaban J connectivity index is 1.24. The molecule has 4 heterocycles. The van der Waals surface area contributed by atoms with Gasteiger partial charge in [-0.05, 0) is 54.7 Å². The van der Waals surface area contributed by atoms with E-state index in [1.807, 2.05) is 22.6 Å². The number of nitrogens with zero attached hydrogens (tertiary/aromatic N) is 5. The minimum Gasteiger partial charge on any atom is -0.490 e. The highest BCUT2D eigenvalue weighted by molar-refractivity contribution is 5.51. The Morgan fingerprint density at radius 2 is 2.00 bits per heavy atom. The molecule has 0 bridgehead atoms. The average Bonchev–Trinajstić information content (AvgIpc) is 3.32. The summed E-state index contributed by atoms with van der Waals surface area (Å²) in [6.45, 7) is 0.115. The number of fused-ring (bicyclic) bond motifs is 1. The minimum atomic E-state index is -1.40. The number of benzene rings is 1. The second-order valence-corrected chi connectivity index (χ2v) is 8.55. The van der Waals surface area contributed by atoms with Gasteiger partial charge in [-0.15, -0.1) is 5.10 Å². The molecule has 0 radical (unpaired) electrons. The summed E-state index contributed by atoms with van der Waals surface area (Å²) < 4.78 is 28.0. The quantitative estimate of drug-likeness (QED) is 0.480. The number of aliphatic hydroxyl groups excluding tert-OH is 1. The van der Waals surface area contributed by atoms with Gasteiger partial charge in [0.05, 0.1) is 48.8 Å². The first-order valence-corrected chi connectivity index (χ1v) is 10.6. The molecule has 2 aliphatic rings. The third-order valence-electron chi connectivity index (χ3n) is 6.04. The van der Waals surface area contributed by atoms with E-state index >= 15 is 0 Å². The second kappa shape index (κ2) is 7.39. The van der Waals surface area contributed by atoms with E-state index in [0.29, 0.717) is 17.4 Å². The van der Waals surface area contributed by atoms with Gasteiger partial charge in [0.2, 0.25) is 0 Å². The van der Waals surface area contributed by atoms with Crippen LogP contribution < -0.4 is 4.74 Å². The molecular formula is C23H22FN5O3. The van der Waals surface area contributed by atoms with Crippen molar-refractivity contribution in [3.63, 3.8) is 0 Å². The van der Waals surface area contributed by atoms with E-state index in [2.05, 4.69) is 21.4 Å². The van der Waals surface area contributed by atoms with Crippen molar-refractivity contribution in [2.75, 3.05) is 19.8 Å². The lowest BCUT2D eigenvalue weighted by atomic mass is 10.0. The van der Waals surface area contributed by atoms with Gasteiger partial charge in [0.15, 0.2) is 5.67 Å². The predicted octanol–water partition coefficient (Wildman–Crippen LogP) is 2.99. The number of aliphatic hydroxyl groups is 1. The fraction of sp³-hybridized carbons (Fsp3) is 0.348. The molecule has 164 valence electrons. The van der Waals surface area contributed by atoms with E-state index in [0.717, 1.165) is 35.3 Å². The van der Waals surface area contributed by atoms with Gasteiger partial charge in [-0.3, -0.25) is 4.40 Å². The fourth-order valence-corrected chi connectivity index (χ4v) is 4.04. The zero-order valence-electron chi connectivity index (χ0n) is 17.3. The van der Waals surface area contributed by atoms with Crippen LogP contribution in [-0.2, 0) is 4.74 Å². The maximum absolute atomic E-state index is 14.0. The monoisotopic (exact) mass is 435 g/mol. The van der Waals surface area contributed by atoms with Crippen LogP contribution in [0.4, 0.5) is 4.39 Å². The topological polar surface area (TPSA) is 86.7 Å². The summed E-state index contributed by atoms with van der Waals surface area (Å²) in [6.07, 6.45) is 6.53. The molecular weight excluding hydrogens is 413 g/mol. The van der Waals surface area contributed by atoms with Crippen LogP contribution in [0.1, 0.15) is 41.8 Å². The molecule has 2 fully saturated rings. The standard InChI is InChI=1S/C23H22FN5O3/c24-23(11-31-12-23)13-32-18-6-3-16(4-7-18)29-10-20(26-27-29)22(30)21-19(15-1-2-15)8-5-17-9-25-14-28(17)21/h3-10,14-15,22,30H,1-2,11-13H2/t22-/m0/s1. The summed E-state index contributed by atoms with van der Waals surface area (Å²) in [6, 6.07) is 11.2. The fourth-order valence-electron chi connectivity index (χ4n) is 4.04. The SMILES string of the molecule is O[C@@H](c1cn(-c2ccc(OCC3(F)COC3)cc2)nn1)c1c(C2CC2)ccc2cncn12. The van der Waals surface area contributed by atoms with Crippen molar-refractivity contribution in [1.29, 1.82) is 0 Å². The van der Waals surface area contributed by atoms with Crippen LogP contribution >= 0.6 is 0 Å². The zero-order valence-corrected chi connectivity index (χ0v) is 17.3. The summed E-state index contributed by atoms with van der Waals surface area (Å²) in [5.74, 6) is 1.03. The van der Waals surface area contributed by atoms with Gasteiger partial charge in [0, 0.05) is 0 Å². The Kier molecular flexibility index (Phi) is 4.48. The van der Waals surface area contributed by atoms with Crippen molar-refractivity contribution in [1.82, 2.24) is 24.4 Å². The van der Waals surface area contributed by atoms with E-state index in [4.69, 9.17) is 9.47 Å². The average molecular weight is 435 g/mol. The minimum absolute atomic E-state index is 0.0326. The van der Waals surface area contributed by atoms with Crippen LogP contribution in [0.15, 0.2) is 55.1 Å². The molecule has 32 heavy (non-hydrogen) atoms. The first-order chi connectivity index (χ1) is 15.6. The van der Waals surface area contributed by atoms with Crippen LogP contribution in [0.2, 0.25) is 0 Å². The highest BCUT2D eigenvalue weighted by Gasteiger charge is 2.39. The summed E-state index contributed by atoms with van der Waals surface area (Å²) in [5.41, 5.74) is 2.66. The molecule has 1 aromatic carbocycles. The maximum Gasteiger partial charge on any atom is 0.190 e. The number of rotatable bonds is 7. The van der Waals surface area contributed by atoms with Crippen LogP contribution in [0.3, 0.4) is 0 Å². The van der Waals surface area contributed by atoms with Gasteiger partial charge in [-0.1, -0.05) is 11.3 Å². The molecule has 1 aliphatic heterocycles. The van der Waals surface area contributed by atoms with Crippen molar-refractivity contribution < 1.29 is 19.0 Å². The first kappa shape index (κ1) is 19.4. The summed E-state index contributed by atoms with van der Waals surface area (Å²) in [4.78, 5) is 4.23. The smallest absolute Gasteiger partial charge is 0.190 e. The van der Waals surface area contributed by atoms with Crippen molar-refractivity contribution in [2.24, 2.45) is 0 Å². The lowest BCUT2D eigenvalue weighted by Crippen LogP contribution is -2.50. The molecule has 1 aliphatic carbocycles. The number of aromatic nitrogens is 5. The summed E-state index contributed by atoms with van der Waals surface area (Å²) >= 11 is 0. The van der Waals surface area contributed by atoms with Gasteiger partial charge >= 0.3 is 0 Å². The van der Waals surface area contributed by atoms with Crippen molar-refractivity contribution >= 4 is 5.52 Å². The Bertz CT molecular complexity index is 1260. The molecule has 1 atom stereocenters. The lowest BCUT2D eigenvalue weighted by Gasteiger charge is -2.33. The molecule has 1 saturated carbocycles. The summed E-state index contributed by atoms with van der Waals surface area (Å²) in [7, 11) is 0.